The van der Waals surface area contributed by atoms with Gasteiger partial charge in [-0.05, 0) is 62.3 Å². The summed E-state index contributed by atoms with van der Waals surface area (Å²) in [5.74, 6) is 0.0548. The van der Waals surface area contributed by atoms with Gasteiger partial charge in [-0.15, -0.1) is 0 Å². The molecule has 1 aliphatic carbocycles. The van der Waals surface area contributed by atoms with Gasteiger partial charge >= 0.3 is 0 Å². The van der Waals surface area contributed by atoms with E-state index in [1.165, 1.54) is 0 Å². The zero-order valence-corrected chi connectivity index (χ0v) is 18.5. The number of rotatable bonds is 3. The maximum Gasteiger partial charge on any atom is 0.254 e. The number of nitrogens with one attached hydrogen (secondary N) is 3. The Balaban J connectivity index is 1.59. The number of hydrogen-bond donors (Lipinski definition) is 4. The number of hydrogen-bond acceptors (Lipinski definition) is 4. The number of carbonyl (C=O) groups excluding carboxylic acids is 1. The number of nitrogens with two attached hydrogens (primary N) is 1. The molecule has 1 aromatic carbocycles. The van der Waals surface area contributed by atoms with Crippen LogP contribution in [-0.2, 0) is 0 Å². The van der Waals surface area contributed by atoms with Gasteiger partial charge in [0.2, 0.25) is 0 Å². The van der Waals surface area contributed by atoms with Crippen molar-refractivity contribution in [2.75, 3.05) is 19.6 Å². The van der Waals surface area contributed by atoms with Crippen molar-refractivity contribution in [1.82, 2.24) is 15.2 Å². The molecule has 0 radical (unpaired) electrons. The van der Waals surface area contributed by atoms with E-state index in [1.807, 2.05) is 29.2 Å². The molecule has 1 amide bonds. The molecule has 0 bridgehead atoms. The normalized spacial score (nSPS) is 21.1. The van der Waals surface area contributed by atoms with E-state index in [-0.39, 0.29) is 16.9 Å². The molecule has 160 valence electrons. The minimum atomic E-state index is -0.0745. The Labute approximate surface area is 178 Å². The molecule has 0 spiro atoms. The maximum atomic E-state index is 13.0. The van der Waals surface area contributed by atoms with E-state index in [0.717, 1.165) is 53.7 Å². The Morgan fingerprint density at radius 3 is 2.67 bits per heavy atom. The van der Waals surface area contributed by atoms with Crippen LogP contribution in [0.25, 0.3) is 10.9 Å². The Kier molecular flexibility index (Phi) is 5.01. The number of H-pyrrole nitrogens is 1. The Morgan fingerprint density at radius 2 is 1.97 bits per heavy atom. The predicted octanol–water partition coefficient (Wildman–Crippen LogP) is 3.78. The number of aromatic nitrogens is 1. The minimum absolute atomic E-state index is 0.0548. The van der Waals surface area contributed by atoms with Crippen LogP contribution in [0, 0.1) is 10.8 Å². The third-order valence-corrected chi connectivity index (χ3v) is 6.41. The molecule has 1 saturated heterocycles. The van der Waals surface area contributed by atoms with Crippen LogP contribution in [0.4, 0.5) is 0 Å². The summed E-state index contributed by atoms with van der Waals surface area (Å²) in [5, 5.41) is 13.2. The van der Waals surface area contributed by atoms with Gasteiger partial charge in [0.15, 0.2) is 0 Å². The van der Waals surface area contributed by atoms with E-state index in [1.54, 1.807) is 0 Å². The second kappa shape index (κ2) is 7.27. The van der Waals surface area contributed by atoms with E-state index in [0.29, 0.717) is 24.4 Å². The number of benzene rings is 1. The van der Waals surface area contributed by atoms with Gasteiger partial charge in [-0.2, -0.15) is 0 Å². The molecule has 5 N–H and O–H groups in total. The monoisotopic (exact) mass is 407 g/mol. The van der Waals surface area contributed by atoms with Gasteiger partial charge in [-0.1, -0.05) is 19.9 Å². The topological polar surface area (TPSA) is 98.0 Å². The molecule has 0 saturated carbocycles. The summed E-state index contributed by atoms with van der Waals surface area (Å²) in [4.78, 5) is 18.3. The first-order valence-electron chi connectivity index (χ1n) is 10.8. The van der Waals surface area contributed by atoms with Crippen LogP contribution < -0.4 is 11.1 Å². The van der Waals surface area contributed by atoms with Gasteiger partial charge in [-0.3, -0.25) is 10.2 Å². The summed E-state index contributed by atoms with van der Waals surface area (Å²) in [6.07, 6.45) is 2.69. The van der Waals surface area contributed by atoms with E-state index in [4.69, 9.17) is 11.1 Å². The maximum absolute atomic E-state index is 13.0. The summed E-state index contributed by atoms with van der Waals surface area (Å²) >= 11 is 0. The first-order valence-corrected chi connectivity index (χ1v) is 10.8. The summed E-state index contributed by atoms with van der Waals surface area (Å²) in [6, 6.07) is 7.74. The SMILES string of the molecule is CC1(C)CCC(C(=N)c2cc3ccc(C(=O)N4CCNC(C)(C)C4)cc3[nH]2)=C(N)C1. The molecule has 6 heteroatoms. The number of aromatic amines is 1. The summed E-state index contributed by atoms with van der Waals surface area (Å²) in [7, 11) is 0. The molecular weight excluding hydrogens is 374 g/mol. The Morgan fingerprint density at radius 1 is 1.20 bits per heavy atom. The van der Waals surface area contributed by atoms with Crippen LogP contribution >= 0.6 is 0 Å². The van der Waals surface area contributed by atoms with Crippen molar-refractivity contribution in [1.29, 1.82) is 5.41 Å². The number of nitrogens with zero attached hydrogens (tertiary/aromatic N) is 1. The van der Waals surface area contributed by atoms with Gasteiger partial charge in [0, 0.05) is 47.3 Å². The van der Waals surface area contributed by atoms with Crippen LogP contribution in [0.1, 0.15) is 63.0 Å². The number of piperazine rings is 1. The first kappa shape index (κ1) is 20.7. The van der Waals surface area contributed by atoms with Gasteiger partial charge in [0.1, 0.15) is 0 Å². The van der Waals surface area contributed by atoms with E-state index in [9.17, 15) is 4.79 Å². The average molecular weight is 408 g/mol. The zero-order valence-electron chi connectivity index (χ0n) is 18.5. The lowest BCUT2D eigenvalue weighted by Crippen LogP contribution is -2.58. The lowest BCUT2D eigenvalue weighted by molar-refractivity contribution is 0.0652. The van der Waals surface area contributed by atoms with Gasteiger partial charge < -0.3 is 20.9 Å². The average Bonchev–Trinajstić information content (AvgIpc) is 3.08. The first-order chi connectivity index (χ1) is 14.0. The van der Waals surface area contributed by atoms with E-state index in [2.05, 4.69) is 38.0 Å². The molecule has 6 nitrogen and oxygen atoms in total. The third-order valence-electron chi connectivity index (χ3n) is 6.41. The standard InChI is InChI=1S/C24H33N5O/c1-23(2)8-7-17(18(25)13-23)21(26)20-11-15-5-6-16(12-19(15)28-20)22(30)29-10-9-27-24(3,4)14-29/h5-6,11-12,26-28H,7-10,13-14,25H2,1-4H3. The molecule has 0 unspecified atom stereocenters. The molecule has 2 aromatic rings. The van der Waals surface area contributed by atoms with Crippen molar-refractivity contribution in [3.63, 3.8) is 0 Å². The molecular formula is C24H33N5O. The molecule has 2 aliphatic rings. The number of carbonyl (C=O) groups is 1. The Hall–Kier alpha value is -2.60. The summed E-state index contributed by atoms with van der Waals surface area (Å²) in [5.41, 5.74) is 11.0. The number of allylic oxidation sites excluding steroid dienone is 2. The van der Waals surface area contributed by atoms with Crippen molar-refractivity contribution in [3.05, 3.63) is 46.8 Å². The van der Waals surface area contributed by atoms with Gasteiger partial charge in [-0.25, -0.2) is 0 Å². The Bertz CT molecular complexity index is 1040. The predicted molar refractivity (Wildman–Crippen MR) is 122 cm³/mol. The highest BCUT2D eigenvalue weighted by Gasteiger charge is 2.30. The highest BCUT2D eigenvalue weighted by Crippen LogP contribution is 2.37. The molecule has 0 atom stereocenters. The second-order valence-electron chi connectivity index (χ2n) is 10.2. The summed E-state index contributed by atoms with van der Waals surface area (Å²) < 4.78 is 0. The molecule has 1 aromatic heterocycles. The fourth-order valence-corrected chi connectivity index (χ4v) is 4.67. The fourth-order valence-electron chi connectivity index (χ4n) is 4.67. The highest BCUT2D eigenvalue weighted by atomic mass is 16.2. The van der Waals surface area contributed by atoms with Gasteiger partial charge in [0.25, 0.3) is 5.91 Å². The number of amides is 1. The molecule has 30 heavy (non-hydrogen) atoms. The van der Waals surface area contributed by atoms with Crippen molar-refractivity contribution in [2.45, 2.75) is 52.5 Å². The lowest BCUT2D eigenvalue weighted by Gasteiger charge is -2.39. The van der Waals surface area contributed by atoms with Crippen molar-refractivity contribution < 1.29 is 4.79 Å². The van der Waals surface area contributed by atoms with Crippen LogP contribution in [0.3, 0.4) is 0 Å². The summed E-state index contributed by atoms with van der Waals surface area (Å²) in [6.45, 7) is 10.9. The van der Waals surface area contributed by atoms with E-state index >= 15 is 0 Å². The van der Waals surface area contributed by atoms with Crippen LogP contribution in [0.2, 0.25) is 0 Å². The lowest BCUT2D eigenvalue weighted by atomic mass is 9.75. The van der Waals surface area contributed by atoms with Crippen molar-refractivity contribution in [2.24, 2.45) is 11.1 Å². The van der Waals surface area contributed by atoms with Crippen LogP contribution in [0.5, 0.6) is 0 Å². The van der Waals surface area contributed by atoms with Gasteiger partial charge in [0.05, 0.1) is 11.4 Å². The van der Waals surface area contributed by atoms with Crippen LogP contribution in [0.15, 0.2) is 35.5 Å². The molecule has 1 aliphatic heterocycles. The fraction of sp³-hybridized carbons (Fsp3) is 0.500. The molecule has 2 heterocycles. The third kappa shape index (κ3) is 4.01. The number of fused-ring (bicyclic) bond motifs is 1. The molecule has 4 rings (SSSR count). The molecule has 1 fully saturated rings. The van der Waals surface area contributed by atoms with Crippen molar-refractivity contribution in [3.8, 4) is 0 Å². The quantitative estimate of drug-likeness (QED) is 0.583. The zero-order chi connectivity index (χ0) is 21.7. The minimum Gasteiger partial charge on any atom is -0.402 e. The van der Waals surface area contributed by atoms with Crippen molar-refractivity contribution >= 4 is 22.5 Å². The smallest absolute Gasteiger partial charge is 0.254 e. The van der Waals surface area contributed by atoms with E-state index < -0.39 is 0 Å². The second-order valence-corrected chi connectivity index (χ2v) is 10.2. The highest BCUT2D eigenvalue weighted by molar-refractivity contribution is 6.12. The van der Waals surface area contributed by atoms with Crippen LogP contribution in [-0.4, -0.2) is 46.7 Å². The largest absolute Gasteiger partial charge is 0.402 e.